The second-order valence-corrected chi connectivity index (χ2v) is 6.50. The maximum absolute atomic E-state index is 11.1. The van der Waals surface area contributed by atoms with Gasteiger partial charge in [-0.3, -0.25) is 4.79 Å². The lowest BCUT2D eigenvalue weighted by molar-refractivity contribution is -0.114. The second-order valence-electron chi connectivity index (χ2n) is 6.50. The Balaban J connectivity index is 1.49. The third-order valence-electron chi connectivity index (χ3n) is 4.29. The number of aryl methyl sites for hydroxylation is 1. The molecule has 1 atom stereocenters. The Kier molecular flexibility index (Phi) is 6.82. The lowest BCUT2D eigenvalue weighted by atomic mass is 10.1. The van der Waals surface area contributed by atoms with Crippen molar-refractivity contribution < 1.29 is 13.9 Å². The number of ether oxygens (including phenoxy) is 1. The number of benzene rings is 1. The molecule has 2 aromatic heterocycles. The van der Waals surface area contributed by atoms with Crippen LogP contribution in [0.5, 0.6) is 0 Å². The number of amides is 1. The number of carbonyl (C=O) groups excluding carboxylic acids is 1. The molecule has 0 saturated heterocycles. The SMILES string of the molecule is CC(=O)Nc1ccc(CCOC(CCc2ccco2)Cn2ccnc2)cc1. The van der Waals surface area contributed by atoms with E-state index in [0.717, 1.165) is 37.3 Å². The van der Waals surface area contributed by atoms with Crippen molar-refractivity contribution >= 4 is 11.6 Å². The van der Waals surface area contributed by atoms with Crippen LogP contribution in [0.2, 0.25) is 0 Å². The molecule has 0 aliphatic rings. The summed E-state index contributed by atoms with van der Waals surface area (Å²) in [4.78, 5) is 15.2. The smallest absolute Gasteiger partial charge is 0.221 e. The van der Waals surface area contributed by atoms with Gasteiger partial charge in [0, 0.05) is 38.0 Å². The average molecular weight is 367 g/mol. The topological polar surface area (TPSA) is 69.3 Å². The van der Waals surface area contributed by atoms with E-state index in [0.29, 0.717) is 6.61 Å². The van der Waals surface area contributed by atoms with Crippen LogP contribution in [0.3, 0.4) is 0 Å². The van der Waals surface area contributed by atoms with E-state index in [4.69, 9.17) is 9.15 Å². The van der Waals surface area contributed by atoms with Crippen LogP contribution in [0, 0.1) is 0 Å². The van der Waals surface area contributed by atoms with Crippen LogP contribution in [-0.2, 0) is 28.9 Å². The summed E-state index contributed by atoms with van der Waals surface area (Å²) < 4.78 is 13.6. The van der Waals surface area contributed by atoms with Crippen molar-refractivity contribution in [2.75, 3.05) is 11.9 Å². The van der Waals surface area contributed by atoms with Gasteiger partial charge in [-0.05, 0) is 42.7 Å². The second kappa shape index (κ2) is 9.73. The molecule has 1 N–H and O–H groups in total. The summed E-state index contributed by atoms with van der Waals surface area (Å²) in [6, 6.07) is 11.8. The number of hydrogen-bond acceptors (Lipinski definition) is 4. The number of nitrogens with zero attached hydrogens (tertiary/aromatic N) is 2. The number of rotatable bonds is 10. The van der Waals surface area contributed by atoms with Gasteiger partial charge >= 0.3 is 0 Å². The van der Waals surface area contributed by atoms with Gasteiger partial charge in [0.05, 0.1) is 25.3 Å². The van der Waals surface area contributed by atoms with Gasteiger partial charge in [-0.1, -0.05) is 12.1 Å². The van der Waals surface area contributed by atoms with Crippen molar-refractivity contribution in [1.82, 2.24) is 9.55 Å². The Labute approximate surface area is 159 Å². The van der Waals surface area contributed by atoms with E-state index < -0.39 is 0 Å². The van der Waals surface area contributed by atoms with Crippen LogP contribution < -0.4 is 5.32 Å². The Bertz CT molecular complexity index is 796. The molecule has 1 aromatic carbocycles. The number of anilines is 1. The van der Waals surface area contributed by atoms with Gasteiger partial charge in [0.15, 0.2) is 0 Å². The zero-order chi connectivity index (χ0) is 18.9. The fourth-order valence-electron chi connectivity index (χ4n) is 2.92. The zero-order valence-electron chi connectivity index (χ0n) is 15.5. The first kappa shape index (κ1) is 18.9. The maximum atomic E-state index is 11.1. The molecular weight excluding hydrogens is 342 g/mol. The number of imidazole rings is 1. The van der Waals surface area contributed by atoms with Crippen LogP contribution in [-0.4, -0.2) is 28.2 Å². The van der Waals surface area contributed by atoms with Gasteiger partial charge in [-0.25, -0.2) is 4.98 Å². The predicted molar refractivity (Wildman–Crippen MR) is 103 cm³/mol. The molecule has 2 heterocycles. The summed E-state index contributed by atoms with van der Waals surface area (Å²) >= 11 is 0. The Morgan fingerprint density at radius 2 is 2.11 bits per heavy atom. The quantitative estimate of drug-likeness (QED) is 0.593. The first-order valence-electron chi connectivity index (χ1n) is 9.15. The van der Waals surface area contributed by atoms with Gasteiger partial charge in [0.1, 0.15) is 5.76 Å². The summed E-state index contributed by atoms with van der Waals surface area (Å²) in [6.45, 7) is 2.91. The molecule has 1 unspecified atom stereocenters. The van der Waals surface area contributed by atoms with Crippen molar-refractivity contribution in [2.45, 2.75) is 38.8 Å². The highest BCUT2D eigenvalue weighted by molar-refractivity contribution is 5.88. The molecule has 6 heteroatoms. The molecule has 0 aliphatic carbocycles. The first-order chi connectivity index (χ1) is 13.2. The Morgan fingerprint density at radius 1 is 1.26 bits per heavy atom. The third kappa shape index (κ3) is 6.42. The minimum Gasteiger partial charge on any atom is -0.469 e. The normalized spacial score (nSPS) is 12.0. The molecule has 0 fully saturated rings. The van der Waals surface area contributed by atoms with E-state index in [1.54, 1.807) is 12.5 Å². The van der Waals surface area contributed by atoms with Crippen molar-refractivity contribution in [3.8, 4) is 0 Å². The molecule has 0 aliphatic heterocycles. The van der Waals surface area contributed by atoms with Crippen LogP contribution in [0.15, 0.2) is 65.8 Å². The molecule has 27 heavy (non-hydrogen) atoms. The number of carbonyl (C=O) groups is 1. The highest BCUT2D eigenvalue weighted by Gasteiger charge is 2.12. The van der Waals surface area contributed by atoms with Crippen molar-refractivity contribution in [3.63, 3.8) is 0 Å². The number of furan rings is 1. The third-order valence-corrected chi connectivity index (χ3v) is 4.29. The minimum absolute atomic E-state index is 0.0648. The first-order valence-corrected chi connectivity index (χ1v) is 9.15. The Hall–Kier alpha value is -2.86. The van der Waals surface area contributed by atoms with Gasteiger partial charge in [0.2, 0.25) is 5.91 Å². The fourth-order valence-corrected chi connectivity index (χ4v) is 2.92. The van der Waals surface area contributed by atoms with E-state index in [1.165, 1.54) is 12.5 Å². The molecule has 0 saturated carbocycles. The van der Waals surface area contributed by atoms with Gasteiger partial charge in [-0.15, -0.1) is 0 Å². The van der Waals surface area contributed by atoms with E-state index in [2.05, 4.69) is 10.3 Å². The highest BCUT2D eigenvalue weighted by Crippen LogP contribution is 2.13. The van der Waals surface area contributed by atoms with Gasteiger partial charge in [-0.2, -0.15) is 0 Å². The van der Waals surface area contributed by atoms with E-state index in [1.807, 2.05) is 53.5 Å². The van der Waals surface area contributed by atoms with Crippen LogP contribution in [0.1, 0.15) is 24.7 Å². The zero-order valence-corrected chi connectivity index (χ0v) is 15.5. The molecule has 0 radical (unpaired) electrons. The van der Waals surface area contributed by atoms with Gasteiger partial charge in [0.25, 0.3) is 0 Å². The van der Waals surface area contributed by atoms with E-state index in [-0.39, 0.29) is 12.0 Å². The molecule has 0 bridgehead atoms. The predicted octanol–water partition coefficient (Wildman–Crippen LogP) is 3.70. The lowest BCUT2D eigenvalue weighted by Crippen LogP contribution is -2.21. The summed E-state index contributed by atoms with van der Waals surface area (Å²) in [5, 5.41) is 2.77. The summed E-state index contributed by atoms with van der Waals surface area (Å²) in [5.74, 6) is 0.910. The Morgan fingerprint density at radius 3 is 2.78 bits per heavy atom. The van der Waals surface area contributed by atoms with Crippen molar-refractivity contribution in [1.29, 1.82) is 0 Å². The minimum atomic E-state index is -0.0648. The molecule has 1 amide bonds. The number of hydrogen-bond donors (Lipinski definition) is 1. The van der Waals surface area contributed by atoms with Crippen molar-refractivity contribution in [3.05, 3.63) is 72.7 Å². The molecule has 3 aromatic rings. The maximum Gasteiger partial charge on any atom is 0.221 e. The lowest BCUT2D eigenvalue weighted by Gasteiger charge is -2.18. The van der Waals surface area contributed by atoms with Crippen LogP contribution >= 0.6 is 0 Å². The standard InChI is InChI=1S/C21H25N3O3/c1-17(25)23-19-6-4-18(5-7-19)10-14-27-21(15-24-12-11-22-16-24)9-8-20-3-2-13-26-20/h2-7,11-13,16,21H,8-10,14-15H2,1H3,(H,23,25). The monoisotopic (exact) mass is 367 g/mol. The molecule has 6 nitrogen and oxygen atoms in total. The van der Waals surface area contributed by atoms with Gasteiger partial charge < -0.3 is 19.0 Å². The summed E-state index contributed by atoms with van der Waals surface area (Å²) in [6.07, 6.45) is 9.87. The number of nitrogens with one attached hydrogen (secondary N) is 1. The summed E-state index contributed by atoms with van der Waals surface area (Å²) in [7, 11) is 0. The molecule has 0 spiro atoms. The highest BCUT2D eigenvalue weighted by atomic mass is 16.5. The molecule has 142 valence electrons. The summed E-state index contributed by atoms with van der Waals surface area (Å²) in [5.41, 5.74) is 1.99. The van der Waals surface area contributed by atoms with Crippen LogP contribution in [0.4, 0.5) is 5.69 Å². The number of aromatic nitrogens is 2. The average Bonchev–Trinajstić information content (AvgIpc) is 3.34. The largest absolute Gasteiger partial charge is 0.469 e. The van der Waals surface area contributed by atoms with E-state index in [9.17, 15) is 4.79 Å². The van der Waals surface area contributed by atoms with E-state index >= 15 is 0 Å². The molecular formula is C21H25N3O3. The van der Waals surface area contributed by atoms with Crippen LogP contribution in [0.25, 0.3) is 0 Å². The fraction of sp³-hybridized carbons (Fsp3) is 0.333. The van der Waals surface area contributed by atoms with Crippen molar-refractivity contribution in [2.24, 2.45) is 0 Å². The molecule has 3 rings (SSSR count).